The Morgan fingerprint density at radius 3 is 2.39 bits per heavy atom. The highest BCUT2D eigenvalue weighted by molar-refractivity contribution is 6.67. The van der Waals surface area contributed by atoms with Crippen LogP contribution in [-0.2, 0) is 8.85 Å². The number of benzene rings is 1. The first-order valence-electron chi connectivity index (χ1n) is 6.41. The van der Waals surface area contributed by atoms with Gasteiger partial charge in [-0.1, -0.05) is 37.3 Å². The van der Waals surface area contributed by atoms with Crippen LogP contribution in [0, 0.1) is 0 Å². The molecule has 18 heavy (non-hydrogen) atoms. The van der Waals surface area contributed by atoms with Crippen molar-refractivity contribution in [2.75, 3.05) is 20.8 Å². The Hall–Kier alpha value is -0.973. The van der Waals surface area contributed by atoms with Gasteiger partial charge in [-0.25, -0.2) is 0 Å². The van der Waals surface area contributed by atoms with Gasteiger partial charge in [0, 0.05) is 27.0 Å². The van der Waals surface area contributed by atoms with Crippen LogP contribution in [0.1, 0.15) is 18.9 Å². The molecule has 0 saturated heterocycles. The third-order valence-corrected chi connectivity index (χ3v) is 6.85. The molecule has 4 heteroatoms. The highest BCUT2D eigenvalue weighted by Gasteiger charge is 2.32. The van der Waals surface area contributed by atoms with Crippen LogP contribution in [0.25, 0.3) is 0 Å². The van der Waals surface area contributed by atoms with Gasteiger partial charge in [-0.2, -0.15) is 0 Å². The third-order valence-electron chi connectivity index (χ3n) is 3.17. The molecular formula is C14H23NO2Si. The van der Waals surface area contributed by atoms with Gasteiger partial charge in [0.25, 0.3) is 0 Å². The van der Waals surface area contributed by atoms with Crippen LogP contribution < -0.4 is 0 Å². The summed E-state index contributed by atoms with van der Waals surface area (Å²) in [6.07, 6.45) is 2.94. The van der Waals surface area contributed by atoms with Crippen molar-refractivity contribution in [3.8, 4) is 0 Å². The summed E-state index contributed by atoms with van der Waals surface area (Å²) in [6, 6.07) is 12.1. The molecule has 0 aromatic heterocycles. The Bertz CT molecular complexity index is 342. The lowest BCUT2D eigenvalue weighted by atomic mass is 10.2. The summed E-state index contributed by atoms with van der Waals surface area (Å²) in [6.45, 7) is 2.96. The van der Waals surface area contributed by atoms with E-state index in [-0.39, 0.29) is 0 Å². The van der Waals surface area contributed by atoms with E-state index < -0.39 is 8.56 Å². The van der Waals surface area contributed by atoms with Crippen molar-refractivity contribution in [1.82, 2.24) is 0 Å². The summed E-state index contributed by atoms with van der Waals surface area (Å²) < 4.78 is 11.1. The monoisotopic (exact) mass is 265 g/mol. The number of hydrogen-bond acceptors (Lipinski definition) is 3. The maximum Gasteiger partial charge on any atom is 0.337 e. The average molecular weight is 265 g/mol. The minimum atomic E-state index is -1.92. The van der Waals surface area contributed by atoms with Crippen molar-refractivity contribution in [2.24, 2.45) is 4.99 Å². The smallest absolute Gasteiger partial charge is 0.337 e. The first kappa shape index (κ1) is 15.1. The minimum Gasteiger partial charge on any atom is -0.398 e. The second kappa shape index (κ2) is 8.19. The van der Waals surface area contributed by atoms with Crippen LogP contribution in [-0.4, -0.2) is 35.5 Å². The molecule has 0 fully saturated rings. The van der Waals surface area contributed by atoms with Crippen molar-refractivity contribution in [3.05, 3.63) is 35.9 Å². The fourth-order valence-corrected chi connectivity index (χ4v) is 4.10. The van der Waals surface area contributed by atoms with Gasteiger partial charge in [0.15, 0.2) is 0 Å². The van der Waals surface area contributed by atoms with Crippen LogP contribution in [0.15, 0.2) is 35.3 Å². The molecule has 1 aromatic carbocycles. The Kier molecular flexibility index (Phi) is 6.86. The van der Waals surface area contributed by atoms with E-state index in [2.05, 4.69) is 24.0 Å². The summed E-state index contributed by atoms with van der Waals surface area (Å²) in [5.74, 6) is 0. The van der Waals surface area contributed by atoms with Crippen LogP contribution in [0.3, 0.4) is 0 Å². The molecule has 0 bridgehead atoms. The molecule has 1 rings (SSSR count). The van der Waals surface area contributed by atoms with E-state index in [0.717, 1.165) is 30.6 Å². The molecule has 0 radical (unpaired) electrons. The molecule has 0 heterocycles. The SMILES string of the molecule is CC[Si](CCCN=Cc1ccccc1)(OC)OC. The molecule has 0 saturated carbocycles. The van der Waals surface area contributed by atoms with Crippen molar-refractivity contribution < 1.29 is 8.85 Å². The van der Waals surface area contributed by atoms with Gasteiger partial charge in [0.1, 0.15) is 0 Å². The molecule has 0 aliphatic heterocycles. The topological polar surface area (TPSA) is 30.8 Å². The second-order valence-electron chi connectivity index (χ2n) is 4.22. The molecule has 0 amide bonds. The zero-order chi connectivity index (χ0) is 13.3. The van der Waals surface area contributed by atoms with E-state index in [1.807, 2.05) is 24.4 Å². The van der Waals surface area contributed by atoms with Crippen molar-refractivity contribution in [1.29, 1.82) is 0 Å². The molecule has 0 spiro atoms. The minimum absolute atomic E-state index is 0.830. The second-order valence-corrected chi connectivity index (χ2v) is 8.07. The van der Waals surface area contributed by atoms with E-state index >= 15 is 0 Å². The van der Waals surface area contributed by atoms with E-state index in [0.29, 0.717) is 0 Å². The largest absolute Gasteiger partial charge is 0.398 e. The zero-order valence-corrected chi connectivity index (χ0v) is 12.6. The van der Waals surface area contributed by atoms with Gasteiger partial charge in [-0.05, 0) is 24.1 Å². The highest BCUT2D eigenvalue weighted by Crippen LogP contribution is 2.18. The Morgan fingerprint density at radius 2 is 1.83 bits per heavy atom. The fraction of sp³-hybridized carbons (Fsp3) is 0.500. The summed E-state index contributed by atoms with van der Waals surface area (Å²) >= 11 is 0. The lowest BCUT2D eigenvalue weighted by molar-refractivity contribution is 0.242. The summed E-state index contributed by atoms with van der Waals surface area (Å²) in [7, 11) is 1.59. The molecule has 1 aromatic rings. The van der Waals surface area contributed by atoms with Gasteiger partial charge < -0.3 is 8.85 Å². The van der Waals surface area contributed by atoms with E-state index in [1.165, 1.54) is 0 Å². The van der Waals surface area contributed by atoms with Crippen LogP contribution in [0.2, 0.25) is 12.1 Å². The van der Waals surface area contributed by atoms with E-state index in [4.69, 9.17) is 8.85 Å². The number of hydrogen-bond donors (Lipinski definition) is 0. The van der Waals surface area contributed by atoms with Gasteiger partial charge >= 0.3 is 8.56 Å². The number of rotatable bonds is 8. The quantitative estimate of drug-likeness (QED) is 0.410. The predicted molar refractivity (Wildman–Crippen MR) is 78.6 cm³/mol. The molecule has 0 unspecified atom stereocenters. The third kappa shape index (κ3) is 4.72. The van der Waals surface area contributed by atoms with Crippen molar-refractivity contribution in [2.45, 2.75) is 25.4 Å². The van der Waals surface area contributed by atoms with Gasteiger partial charge in [0.05, 0.1) is 0 Å². The van der Waals surface area contributed by atoms with Gasteiger partial charge in [-0.3, -0.25) is 4.99 Å². The first-order valence-corrected chi connectivity index (χ1v) is 8.64. The normalized spacial score (nSPS) is 12.2. The standard InChI is InChI=1S/C14H23NO2Si/c1-4-18(16-2,17-3)12-8-11-15-13-14-9-6-5-7-10-14/h5-7,9-10,13H,4,8,11-12H2,1-3H3. The lowest BCUT2D eigenvalue weighted by Crippen LogP contribution is -2.39. The lowest BCUT2D eigenvalue weighted by Gasteiger charge is -2.25. The molecule has 0 atom stereocenters. The van der Waals surface area contributed by atoms with Crippen LogP contribution in [0.5, 0.6) is 0 Å². The maximum absolute atomic E-state index is 5.57. The van der Waals surface area contributed by atoms with Crippen molar-refractivity contribution >= 4 is 14.8 Å². The maximum atomic E-state index is 5.57. The molecule has 0 N–H and O–H groups in total. The fourth-order valence-electron chi connectivity index (χ4n) is 1.90. The number of aliphatic imine (C=N–C) groups is 1. The molecule has 0 aliphatic carbocycles. The van der Waals surface area contributed by atoms with E-state index in [1.54, 1.807) is 14.2 Å². The molecule has 0 aliphatic rings. The predicted octanol–water partition coefficient (Wildman–Crippen LogP) is 3.25. The molecule has 3 nitrogen and oxygen atoms in total. The average Bonchev–Trinajstić information content (AvgIpc) is 2.45. The summed E-state index contributed by atoms with van der Waals surface area (Å²) in [5.41, 5.74) is 1.15. The highest BCUT2D eigenvalue weighted by atomic mass is 28.4. The number of nitrogens with zero attached hydrogens (tertiary/aromatic N) is 1. The summed E-state index contributed by atoms with van der Waals surface area (Å²) in [4.78, 5) is 4.43. The molecule has 100 valence electrons. The first-order chi connectivity index (χ1) is 8.76. The summed E-state index contributed by atoms with van der Waals surface area (Å²) in [5, 5.41) is 0. The Balaban J connectivity index is 2.32. The van der Waals surface area contributed by atoms with Crippen LogP contribution >= 0.6 is 0 Å². The Morgan fingerprint density at radius 1 is 1.17 bits per heavy atom. The molecular weight excluding hydrogens is 242 g/mol. The van der Waals surface area contributed by atoms with Gasteiger partial charge in [-0.15, -0.1) is 0 Å². The van der Waals surface area contributed by atoms with E-state index in [9.17, 15) is 0 Å². The van der Waals surface area contributed by atoms with Crippen molar-refractivity contribution in [3.63, 3.8) is 0 Å². The van der Waals surface area contributed by atoms with Crippen LogP contribution in [0.4, 0.5) is 0 Å². The Labute approximate surface area is 111 Å². The zero-order valence-electron chi connectivity index (χ0n) is 11.6. The van der Waals surface area contributed by atoms with Gasteiger partial charge in [0.2, 0.25) is 0 Å².